The number of rotatable bonds is 11. The van der Waals surface area contributed by atoms with Crippen molar-refractivity contribution in [1.82, 2.24) is 15.5 Å². The molecular weight excluding hydrogens is 752 g/mol. The number of nitrogens with zero attached hydrogens (tertiary/aromatic N) is 1. The van der Waals surface area contributed by atoms with E-state index in [0.29, 0.717) is 18.4 Å². The molecule has 1 saturated heterocycles. The van der Waals surface area contributed by atoms with Crippen LogP contribution in [0.2, 0.25) is 10.0 Å². The van der Waals surface area contributed by atoms with E-state index in [0.717, 1.165) is 11.8 Å². The molecule has 3 heterocycles. The third kappa shape index (κ3) is 7.33. The van der Waals surface area contributed by atoms with Gasteiger partial charge in [-0.2, -0.15) is 0 Å². The Morgan fingerprint density at radius 1 is 0.907 bits per heavy atom. The summed E-state index contributed by atoms with van der Waals surface area (Å²) in [6.07, 6.45) is -1.43. The molecule has 0 aliphatic carbocycles. The molecule has 2 atom stereocenters. The predicted molar refractivity (Wildman–Crippen MR) is 187 cm³/mol. The van der Waals surface area contributed by atoms with Crippen LogP contribution in [0.1, 0.15) is 83.9 Å². The zero-order chi connectivity index (χ0) is 39.1. The monoisotopic (exact) mass is 783 g/mol. The predicted octanol–water partition coefficient (Wildman–Crippen LogP) is 5.12. The third-order valence-electron chi connectivity index (χ3n) is 8.96. The van der Waals surface area contributed by atoms with Gasteiger partial charge in [0, 0.05) is 81.1 Å². The van der Waals surface area contributed by atoms with Crippen molar-refractivity contribution in [2.75, 3.05) is 13.1 Å². The molecule has 2 unspecified atom stereocenters. The van der Waals surface area contributed by atoms with E-state index in [9.17, 15) is 38.0 Å². The van der Waals surface area contributed by atoms with E-state index in [1.165, 1.54) is 50.2 Å². The van der Waals surface area contributed by atoms with Crippen LogP contribution in [0, 0.1) is 5.92 Å². The van der Waals surface area contributed by atoms with E-state index in [1.807, 2.05) is 0 Å². The number of carbonyl (C=O) groups is 7. The Kier molecular flexibility index (Phi) is 10.7. The molecule has 54 heavy (non-hydrogen) atoms. The molecule has 3 aromatic rings. The highest BCUT2D eigenvalue weighted by Crippen LogP contribution is 2.58. The van der Waals surface area contributed by atoms with Crippen LogP contribution in [0.3, 0.4) is 0 Å². The lowest BCUT2D eigenvalue weighted by Crippen LogP contribution is -2.35. The van der Waals surface area contributed by atoms with Crippen molar-refractivity contribution >= 4 is 64.7 Å². The fraction of sp³-hybridized carbons (Fsp3) is 0.324. The Labute approximate surface area is 317 Å². The van der Waals surface area contributed by atoms with Crippen LogP contribution in [0.25, 0.3) is 0 Å². The van der Waals surface area contributed by atoms with E-state index in [2.05, 4.69) is 10.6 Å². The number of fused-ring (bicyclic) bond motifs is 6. The van der Waals surface area contributed by atoms with E-state index < -0.39 is 59.4 Å². The van der Waals surface area contributed by atoms with Crippen molar-refractivity contribution in [2.24, 2.45) is 5.92 Å². The first kappa shape index (κ1) is 38.2. The quantitative estimate of drug-likeness (QED) is 0.0866. The van der Waals surface area contributed by atoms with Gasteiger partial charge in [0.2, 0.25) is 17.7 Å². The lowest BCUT2D eigenvalue weighted by atomic mass is 9.77. The highest BCUT2D eigenvalue weighted by molar-refractivity contribution is 6.33. The van der Waals surface area contributed by atoms with Gasteiger partial charge in [-0.1, -0.05) is 29.3 Å². The first-order valence-electron chi connectivity index (χ1n) is 16.7. The number of halogens is 3. The van der Waals surface area contributed by atoms with Gasteiger partial charge in [0.1, 0.15) is 11.5 Å². The number of carbonyl (C=O) groups excluding carboxylic acids is 7. The number of nitrogens with one attached hydrogen (secondary N) is 2. The van der Waals surface area contributed by atoms with E-state index in [1.54, 1.807) is 6.07 Å². The first-order valence-corrected chi connectivity index (χ1v) is 17.5. The van der Waals surface area contributed by atoms with Gasteiger partial charge in [-0.15, -0.1) is 0 Å². The van der Waals surface area contributed by atoms with E-state index in [-0.39, 0.29) is 81.2 Å². The van der Waals surface area contributed by atoms with Gasteiger partial charge in [0.25, 0.3) is 5.91 Å². The van der Waals surface area contributed by atoms with Crippen LogP contribution in [0.15, 0.2) is 42.5 Å². The molecule has 3 aliphatic heterocycles. The van der Waals surface area contributed by atoms with Crippen LogP contribution in [0.4, 0.5) is 4.39 Å². The Balaban J connectivity index is 1.20. The maximum absolute atomic E-state index is 14.0. The topological polar surface area (TPSA) is 184 Å². The van der Waals surface area contributed by atoms with Crippen molar-refractivity contribution in [1.29, 1.82) is 0 Å². The second-order valence-corrected chi connectivity index (χ2v) is 13.6. The molecule has 3 aromatic carbocycles. The zero-order valence-electron chi connectivity index (χ0n) is 29.0. The minimum Gasteiger partial charge on any atom is -0.456 e. The fourth-order valence-corrected chi connectivity index (χ4v) is 7.13. The van der Waals surface area contributed by atoms with Crippen molar-refractivity contribution in [3.8, 4) is 23.0 Å². The molecular formula is C37H32Cl2FN3O11. The van der Waals surface area contributed by atoms with Gasteiger partial charge in [0.05, 0.1) is 21.5 Å². The number of unbranched alkanes of at least 4 members (excludes halogenated alkanes) is 1. The smallest absolute Gasteiger partial charge is 0.340 e. The standard InChI is InChI=1S/C37H32Cl2FN3O11/c1-17(44)42-32(40)11-21-12-33(47)43(35(21)49)9-5-4-8-41-34(48)20-6-7-23-22(10-20)36(50)54-37(23)24-13-26(38)30(51-18(2)45)15-28(24)53-29-16-31(52-19(3)46)27(39)14-25(29)37/h6-7,10,13-16,21,32H,4-5,8-9,11-12H2,1-3H3,(H,41,48)(H,42,44). The van der Waals surface area contributed by atoms with E-state index in [4.69, 9.17) is 42.1 Å². The Bertz CT molecular complexity index is 2070. The lowest BCUT2D eigenvalue weighted by molar-refractivity contribution is -0.140. The maximum atomic E-state index is 14.0. The number of benzene rings is 3. The van der Waals surface area contributed by atoms with Gasteiger partial charge in [-0.05, 0) is 37.1 Å². The second-order valence-electron chi connectivity index (χ2n) is 12.8. The van der Waals surface area contributed by atoms with Gasteiger partial charge in [0.15, 0.2) is 23.4 Å². The van der Waals surface area contributed by atoms with Gasteiger partial charge < -0.3 is 29.6 Å². The van der Waals surface area contributed by atoms with Crippen molar-refractivity contribution < 1.29 is 56.9 Å². The van der Waals surface area contributed by atoms with Gasteiger partial charge in [-0.25, -0.2) is 9.18 Å². The molecule has 17 heteroatoms. The number of likely N-dealkylation sites (tertiary alicyclic amines) is 1. The first-order chi connectivity index (χ1) is 25.6. The average molecular weight is 785 g/mol. The van der Waals surface area contributed by atoms with Crippen LogP contribution in [-0.2, 0) is 34.3 Å². The number of hydrogen-bond acceptors (Lipinski definition) is 11. The van der Waals surface area contributed by atoms with Gasteiger partial charge >= 0.3 is 17.9 Å². The Morgan fingerprint density at radius 3 is 2.09 bits per heavy atom. The molecule has 0 saturated carbocycles. The summed E-state index contributed by atoms with van der Waals surface area (Å²) in [5.74, 6) is -4.81. The highest BCUT2D eigenvalue weighted by Gasteiger charge is 2.54. The molecule has 282 valence electrons. The Hall–Kier alpha value is -5.54. The SMILES string of the molecule is CC(=O)NC(F)CC1CC(=O)N(CCCCNC(=O)c2ccc3c(c2)C(=O)OC32c3cc(Cl)c(OC(C)=O)cc3Oc3cc(OC(C)=O)c(Cl)cc32)C1=O. The summed E-state index contributed by atoms with van der Waals surface area (Å²) in [6.45, 7) is 3.80. The van der Waals surface area contributed by atoms with Crippen molar-refractivity contribution in [3.05, 3.63) is 80.3 Å². The van der Waals surface area contributed by atoms with Gasteiger partial charge in [-0.3, -0.25) is 33.7 Å². The maximum Gasteiger partial charge on any atom is 0.340 e. The number of hydrogen-bond donors (Lipinski definition) is 2. The zero-order valence-corrected chi connectivity index (χ0v) is 30.5. The molecule has 14 nitrogen and oxygen atoms in total. The molecule has 0 aromatic heterocycles. The molecule has 1 fully saturated rings. The largest absolute Gasteiger partial charge is 0.456 e. The molecule has 0 bridgehead atoms. The molecule has 2 N–H and O–H groups in total. The fourth-order valence-electron chi connectivity index (χ4n) is 6.73. The third-order valence-corrected chi connectivity index (χ3v) is 9.55. The summed E-state index contributed by atoms with van der Waals surface area (Å²) < 4.78 is 36.8. The lowest BCUT2D eigenvalue weighted by Gasteiger charge is -2.37. The van der Waals surface area contributed by atoms with Crippen LogP contribution < -0.4 is 24.8 Å². The van der Waals surface area contributed by atoms with Crippen LogP contribution in [-0.4, -0.2) is 65.8 Å². The minimum atomic E-state index is -1.74. The minimum absolute atomic E-state index is 0.00662. The van der Waals surface area contributed by atoms with Crippen molar-refractivity contribution in [2.45, 2.75) is 58.4 Å². The summed E-state index contributed by atoms with van der Waals surface area (Å²) in [5.41, 5.74) is -0.688. The number of amides is 4. The normalized spacial score (nSPS) is 16.8. The van der Waals surface area contributed by atoms with Crippen LogP contribution in [0.5, 0.6) is 23.0 Å². The molecule has 6 rings (SSSR count). The number of imide groups is 1. The molecule has 1 spiro atoms. The number of alkyl halides is 1. The molecule has 3 aliphatic rings. The number of ether oxygens (including phenoxy) is 4. The second kappa shape index (κ2) is 15.1. The Morgan fingerprint density at radius 2 is 1.52 bits per heavy atom. The van der Waals surface area contributed by atoms with Crippen LogP contribution >= 0.6 is 23.2 Å². The summed E-state index contributed by atoms with van der Waals surface area (Å²) >= 11 is 13.1. The molecule has 4 amide bonds. The summed E-state index contributed by atoms with van der Waals surface area (Å²) in [7, 11) is 0. The highest BCUT2D eigenvalue weighted by atomic mass is 35.5. The number of esters is 3. The summed E-state index contributed by atoms with van der Waals surface area (Å²) in [6, 6.07) is 10.0. The summed E-state index contributed by atoms with van der Waals surface area (Å²) in [5, 5.41) is 4.84. The average Bonchev–Trinajstić information content (AvgIpc) is 3.52. The molecule has 0 radical (unpaired) electrons. The van der Waals surface area contributed by atoms with E-state index >= 15 is 0 Å². The summed E-state index contributed by atoms with van der Waals surface area (Å²) in [4.78, 5) is 87.6. The van der Waals surface area contributed by atoms with Crippen molar-refractivity contribution in [3.63, 3.8) is 0 Å².